The van der Waals surface area contributed by atoms with Crippen LogP contribution in [0.2, 0.25) is 0 Å². The number of H-pyrrole nitrogens is 1. The molecule has 0 bridgehead atoms. The fraction of sp³-hybridized carbons (Fsp3) is 0.312. The monoisotopic (exact) mass is 761 g/mol. The Morgan fingerprint density at radius 2 is 1.58 bits per heavy atom. The maximum absolute atomic E-state index is 16.1. The van der Waals surface area contributed by atoms with Crippen LogP contribution in [-0.4, -0.2) is 98.8 Å². The second-order valence-electron chi connectivity index (χ2n) is 11.0. The molecule has 4 rings (SSSR count). The van der Waals surface area contributed by atoms with Crippen LogP contribution in [0.5, 0.6) is 11.5 Å². The van der Waals surface area contributed by atoms with Crippen LogP contribution in [0.1, 0.15) is 35.4 Å². The summed E-state index contributed by atoms with van der Waals surface area (Å²) in [5, 5.41) is 26.4. The Bertz CT molecular complexity index is 1870. The number of carboxylic acid groups (broad SMARTS) is 2. The number of nitrogens with zero attached hydrogens (tertiary/aromatic N) is 4. The van der Waals surface area contributed by atoms with Crippen LogP contribution in [0.4, 0.5) is 30.7 Å². The van der Waals surface area contributed by atoms with E-state index in [1.165, 1.54) is 13.2 Å². The van der Waals surface area contributed by atoms with Gasteiger partial charge in [-0.1, -0.05) is 30.3 Å². The summed E-state index contributed by atoms with van der Waals surface area (Å²) in [7, 11) is 5.34. The average Bonchev–Trinajstić information content (AvgIpc) is 3.48. The molecule has 0 fully saturated rings. The van der Waals surface area contributed by atoms with E-state index >= 15 is 4.39 Å². The van der Waals surface area contributed by atoms with E-state index in [9.17, 15) is 31.1 Å². The predicted molar refractivity (Wildman–Crippen MR) is 174 cm³/mol. The van der Waals surface area contributed by atoms with E-state index in [1.807, 2.05) is 38.1 Å². The lowest BCUT2D eigenvalue weighted by atomic mass is 9.90. The lowest BCUT2D eigenvalue weighted by molar-refractivity contribution is -0.193. The van der Waals surface area contributed by atoms with E-state index in [4.69, 9.17) is 40.4 Å². The Balaban J connectivity index is 0.000000587. The summed E-state index contributed by atoms with van der Waals surface area (Å²) < 4.78 is 92.1. The van der Waals surface area contributed by atoms with Gasteiger partial charge in [-0.25, -0.2) is 23.8 Å². The maximum atomic E-state index is 16.1. The minimum atomic E-state index is -5.08. The Kier molecular flexibility index (Phi) is 15.1. The van der Waals surface area contributed by atoms with Crippen LogP contribution in [0.25, 0.3) is 5.82 Å². The van der Waals surface area contributed by atoms with Gasteiger partial charge >= 0.3 is 30.0 Å². The largest absolute Gasteiger partial charge is 0.497 e. The Morgan fingerprint density at radius 3 is 2.04 bits per heavy atom. The normalized spacial score (nSPS) is 12.4. The standard InChI is InChI=1S/C28H32FN7O3.2C2HF3O2/c1-17(35(2)3)16-39-23-15-20(38-4)14-21(25(23)29)22(13-18-8-10-19(11-9-18)26(30)31)27-33-28(37)36(34-27)24-7-5-6-12-32-24;2*3-2(4,5)1(6)7/h5-12,14-15,17,22H,13,16H2,1-4H3,(H3,30,31)(H,33,34,37);2*(H,6,7). The number of aliphatic carboxylic acids is 2. The molecular formula is C32H34F7N7O7. The molecule has 2 unspecified atom stereocenters. The second-order valence-corrected chi connectivity index (χ2v) is 11.0. The Labute approximate surface area is 296 Å². The molecule has 0 radical (unpaired) electrons. The summed E-state index contributed by atoms with van der Waals surface area (Å²) in [4.78, 5) is 39.6. The van der Waals surface area contributed by atoms with Gasteiger partial charge in [0.1, 0.15) is 24.0 Å². The third-order valence-corrected chi connectivity index (χ3v) is 7.03. The number of alkyl halides is 6. The number of hydrogen-bond donors (Lipinski definition) is 5. The van der Waals surface area contributed by atoms with Crippen LogP contribution in [0, 0.1) is 11.2 Å². The van der Waals surface area contributed by atoms with Crippen molar-refractivity contribution < 1.29 is 60.0 Å². The number of benzene rings is 2. The molecule has 288 valence electrons. The zero-order valence-corrected chi connectivity index (χ0v) is 28.3. The van der Waals surface area contributed by atoms with Crippen molar-refractivity contribution >= 4 is 17.8 Å². The summed E-state index contributed by atoms with van der Waals surface area (Å²) in [6.45, 7) is 2.24. The number of aromatic nitrogens is 4. The van der Waals surface area contributed by atoms with Gasteiger partial charge in [-0.2, -0.15) is 31.0 Å². The lowest BCUT2D eigenvalue weighted by Gasteiger charge is -2.22. The number of rotatable bonds is 11. The summed E-state index contributed by atoms with van der Waals surface area (Å²) in [5.41, 5.74) is 6.75. The van der Waals surface area contributed by atoms with Gasteiger partial charge in [0.2, 0.25) is 0 Å². The number of amidine groups is 1. The molecule has 0 aliphatic rings. The van der Waals surface area contributed by atoms with Gasteiger partial charge in [0.25, 0.3) is 0 Å². The topological polar surface area (TPSA) is 210 Å². The first kappa shape index (κ1) is 43.2. The summed E-state index contributed by atoms with van der Waals surface area (Å²) in [5.74, 6) is -5.81. The summed E-state index contributed by atoms with van der Waals surface area (Å²) in [6, 6.07) is 15.4. The number of carbonyl (C=O) groups is 2. The van der Waals surface area contributed by atoms with E-state index in [0.717, 1.165) is 10.2 Å². The molecule has 0 amide bonds. The number of pyridine rings is 1. The molecule has 0 aliphatic carbocycles. The molecule has 0 spiro atoms. The molecule has 53 heavy (non-hydrogen) atoms. The van der Waals surface area contributed by atoms with E-state index in [2.05, 4.69) is 15.1 Å². The van der Waals surface area contributed by atoms with Crippen molar-refractivity contribution in [2.24, 2.45) is 5.73 Å². The van der Waals surface area contributed by atoms with Gasteiger partial charge in [0.15, 0.2) is 17.4 Å². The fourth-order valence-electron chi connectivity index (χ4n) is 3.97. The Morgan fingerprint density at radius 1 is 1.02 bits per heavy atom. The van der Waals surface area contributed by atoms with Gasteiger partial charge in [0.05, 0.1) is 13.0 Å². The molecule has 2 aromatic carbocycles. The van der Waals surface area contributed by atoms with Crippen molar-refractivity contribution in [1.29, 1.82) is 5.41 Å². The van der Waals surface area contributed by atoms with E-state index in [0.29, 0.717) is 17.1 Å². The molecule has 14 nitrogen and oxygen atoms in total. The first-order valence-corrected chi connectivity index (χ1v) is 14.9. The van der Waals surface area contributed by atoms with Gasteiger partial charge in [-0.05, 0) is 51.2 Å². The molecule has 21 heteroatoms. The quantitative estimate of drug-likeness (QED) is 0.0824. The molecule has 0 saturated heterocycles. The van der Waals surface area contributed by atoms with Gasteiger partial charge in [0, 0.05) is 29.4 Å². The van der Waals surface area contributed by atoms with Crippen LogP contribution in [0.3, 0.4) is 0 Å². The third kappa shape index (κ3) is 12.9. The Hall–Kier alpha value is -5.99. The van der Waals surface area contributed by atoms with E-state index in [1.54, 1.807) is 42.6 Å². The molecule has 2 aromatic heterocycles. The zero-order chi connectivity index (χ0) is 40.3. The minimum Gasteiger partial charge on any atom is -0.497 e. The van der Waals surface area contributed by atoms with Crippen LogP contribution < -0.4 is 20.9 Å². The summed E-state index contributed by atoms with van der Waals surface area (Å²) in [6.07, 6.45) is -8.32. The number of nitrogens with one attached hydrogen (secondary N) is 2. The molecule has 0 saturated carbocycles. The fourth-order valence-corrected chi connectivity index (χ4v) is 3.97. The zero-order valence-electron chi connectivity index (χ0n) is 28.3. The van der Waals surface area contributed by atoms with E-state index in [-0.39, 0.29) is 42.0 Å². The third-order valence-electron chi connectivity index (χ3n) is 7.03. The molecule has 0 aliphatic heterocycles. The van der Waals surface area contributed by atoms with E-state index < -0.39 is 41.7 Å². The highest BCUT2D eigenvalue weighted by Gasteiger charge is 2.39. The molecular weight excluding hydrogens is 727 g/mol. The first-order chi connectivity index (χ1) is 24.6. The van der Waals surface area contributed by atoms with Crippen LogP contribution in [0.15, 0.2) is 65.6 Å². The number of likely N-dealkylation sites (N-methyl/N-ethyl adjacent to an activating group) is 1. The average molecular weight is 762 g/mol. The van der Waals surface area contributed by atoms with Crippen LogP contribution in [-0.2, 0) is 16.0 Å². The van der Waals surface area contributed by atoms with Crippen molar-refractivity contribution in [2.45, 2.75) is 37.7 Å². The van der Waals surface area contributed by atoms with Gasteiger partial charge in [-0.15, -0.1) is 5.10 Å². The maximum Gasteiger partial charge on any atom is 0.490 e. The van der Waals surface area contributed by atoms with Gasteiger partial charge in [-0.3, -0.25) is 10.4 Å². The van der Waals surface area contributed by atoms with Crippen LogP contribution >= 0.6 is 0 Å². The molecule has 6 N–H and O–H groups in total. The lowest BCUT2D eigenvalue weighted by Crippen LogP contribution is -2.30. The van der Waals surface area contributed by atoms with Crippen molar-refractivity contribution in [3.05, 3.63) is 99.6 Å². The molecule has 4 aromatic rings. The number of nitrogen functional groups attached to an aromatic ring is 1. The van der Waals surface area contributed by atoms with Crippen molar-refractivity contribution in [3.8, 4) is 17.3 Å². The first-order valence-electron chi connectivity index (χ1n) is 14.9. The molecule has 2 atom stereocenters. The van der Waals surface area contributed by atoms with Gasteiger partial charge < -0.3 is 30.3 Å². The highest BCUT2D eigenvalue weighted by Crippen LogP contribution is 2.36. The van der Waals surface area contributed by atoms with Crippen molar-refractivity contribution in [1.82, 2.24) is 24.6 Å². The number of carboxylic acids is 2. The number of ether oxygens (including phenoxy) is 2. The number of aromatic amines is 1. The second kappa shape index (κ2) is 18.5. The minimum absolute atomic E-state index is 0.0417. The van der Waals surface area contributed by atoms with Crippen molar-refractivity contribution in [2.75, 3.05) is 27.8 Å². The summed E-state index contributed by atoms with van der Waals surface area (Å²) >= 11 is 0. The highest BCUT2D eigenvalue weighted by atomic mass is 19.4. The highest BCUT2D eigenvalue weighted by molar-refractivity contribution is 5.94. The molecule has 2 heterocycles. The van der Waals surface area contributed by atoms with Crippen molar-refractivity contribution in [3.63, 3.8) is 0 Å². The smallest absolute Gasteiger partial charge is 0.490 e. The number of methoxy groups -OCH3 is 1. The number of halogens is 7. The SMILES string of the molecule is COc1cc(OCC(C)N(C)C)c(F)c(C(Cc2ccc(C(=N)N)cc2)c2nn(-c3ccccn3)c(=O)[nH]2)c1.O=C(O)C(F)(F)F.O=C(O)C(F)(F)F. The predicted octanol–water partition coefficient (Wildman–Crippen LogP) is 4.36. The number of nitrogens with two attached hydrogens (primary N) is 1. The number of hydrogen-bond acceptors (Lipinski definition) is 9.